The zero-order chi connectivity index (χ0) is 19.8. The van der Waals surface area contributed by atoms with Gasteiger partial charge >= 0.3 is 0 Å². The number of hydrogen-bond acceptors (Lipinski definition) is 3. The third kappa shape index (κ3) is 4.37. The Bertz CT molecular complexity index is 818. The normalized spacial score (nSPS) is 31.3. The van der Waals surface area contributed by atoms with E-state index in [2.05, 4.69) is 40.2 Å². The van der Waals surface area contributed by atoms with Gasteiger partial charge in [-0.2, -0.15) is 0 Å². The number of benzene rings is 2. The molecule has 2 aliphatic carbocycles. The van der Waals surface area contributed by atoms with E-state index in [9.17, 15) is 9.59 Å². The molecule has 158 valence electrons. The zero-order valence-corrected chi connectivity index (χ0v) is 17.6. The summed E-state index contributed by atoms with van der Waals surface area (Å²) >= 11 is 0. The first-order chi connectivity index (χ1) is 14.2. The van der Waals surface area contributed by atoms with Gasteiger partial charge in [-0.25, -0.2) is 0 Å². The molecule has 0 aromatic heterocycles. The van der Waals surface area contributed by atoms with Crippen LogP contribution < -0.4 is 16.0 Å². The Morgan fingerprint density at radius 2 is 1.10 bits per heavy atom. The Labute approximate surface area is 183 Å². The molecular weight excluding hydrogens is 398 g/mol. The van der Waals surface area contributed by atoms with E-state index in [1.54, 1.807) is 0 Å². The van der Waals surface area contributed by atoms with Crippen LogP contribution >= 0.6 is 12.4 Å². The fraction of sp³-hybridized carbons (Fsp3) is 0.417. The van der Waals surface area contributed by atoms with Gasteiger partial charge in [0.05, 0.1) is 11.8 Å². The second kappa shape index (κ2) is 8.78. The molecule has 2 aromatic rings. The Kier molecular flexibility index (Phi) is 6.11. The fourth-order valence-electron chi connectivity index (χ4n) is 4.66. The molecule has 0 bridgehead atoms. The Balaban J connectivity index is 0.00000218. The summed E-state index contributed by atoms with van der Waals surface area (Å²) in [7, 11) is 0. The molecule has 6 heteroatoms. The summed E-state index contributed by atoms with van der Waals surface area (Å²) in [5.41, 5.74) is 2.55. The van der Waals surface area contributed by atoms with Gasteiger partial charge in [0, 0.05) is 37.0 Å². The van der Waals surface area contributed by atoms with Crippen molar-refractivity contribution in [1.82, 2.24) is 16.0 Å². The Morgan fingerprint density at radius 1 is 0.700 bits per heavy atom. The van der Waals surface area contributed by atoms with Gasteiger partial charge in [-0.05, 0) is 24.0 Å². The molecule has 2 amide bonds. The van der Waals surface area contributed by atoms with E-state index >= 15 is 0 Å². The van der Waals surface area contributed by atoms with E-state index in [4.69, 9.17) is 0 Å². The number of rotatable bonds is 6. The van der Waals surface area contributed by atoms with E-state index < -0.39 is 0 Å². The van der Waals surface area contributed by atoms with Crippen LogP contribution in [0, 0.1) is 11.8 Å². The lowest BCUT2D eigenvalue weighted by molar-refractivity contribution is -0.133. The number of amides is 2. The standard InChI is InChI=1S/C24H27N3O2.ClH/c28-23(26-21-11-17(21)15-7-3-1-4-8-15)19-13-25-14-20(19)24(29)27-22-12-18(22)16-9-5-2-6-10-16;/h1-10,17-22,25H,11-14H2,(H,26,28)(H,27,29);1H/t17-,18-,19+,20+,21+,22+;/m0./s1. The molecular formula is C24H28ClN3O2. The molecule has 6 atom stereocenters. The maximum atomic E-state index is 12.8. The van der Waals surface area contributed by atoms with Crippen LogP contribution in [-0.4, -0.2) is 37.0 Å². The summed E-state index contributed by atoms with van der Waals surface area (Å²) in [6.45, 7) is 1.14. The molecule has 1 heterocycles. The van der Waals surface area contributed by atoms with Crippen LogP contribution in [0.15, 0.2) is 60.7 Å². The highest BCUT2D eigenvalue weighted by Gasteiger charge is 2.46. The molecule has 0 radical (unpaired) electrons. The van der Waals surface area contributed by atoms with Gasteiger partial charge in [-0.3, -0.25) is 9.59 Å². The highest BCUT2D eigenvalue weighted by atomic mass is 35.5. The first-order valence-corrected chi connectivity index (χ1v) is 10.6. The predicted molar refractivity (Wildman–Crippen MR) is 119 cm³/mol. The average Bonchev–Trinajstić information content (AvgIpc) is 3.65. The van der Waals surface area contributed by atoms with Gasteiger partial charge in [0.15, 0.2) is 0 Å². The van der Waals surface area contributed by atoms with Crippen LogP contribution in [0.25, 0.3) is 0 Å². The van der Waals surface area contributed by atoms with Gasteiger partial charge in [0.2, 0.25) is 11.8 Å². The minimum absolute atomic E-state index is 0. The molecule has 3 aliphatic rings. The van der Waals surface area contributed by atoms with E-state index in [0.29, 0.717) is 24.9 Å². The maximum Gasteiger partial charge on any atom is 0.225 e. The monoisotopic (exact) mass is 425 g/mol. The summed E-state index contributed by atoms with van der Waals surface area (Å²) < 4.78 is 0. The second-order valence-corrected chi connectivity index (χ2v) is 8.61. The summed E-state index contributed by atoms with van der Waals surface area (Å²) in [6.07, 6.45) is 1.96. The van der Waals surface area contributed by atoms with Gasteiger partial charge < -0.3 is 16.0 Å². The van der Waals surface area contributed by atoms with Crippen molar-refractivity contribution < 1.29 is 9.59 Å². The number of carbonyl (C=O) groups excluding carboxylic acids is 2. The molecule has 2 aromatic carbocycles. The minimum atomic E-state index is -0.291. The van der Waals surface area contributed by atoms with Crippen molar-refractivity contribution in [2.45, 2.75) is 36.8 Å². The quantitative estimate of drug-likeness (QED) is 0.666. The first-order valence-electron chi connectivity index (χ1n) is 10.6. The van der Waals surface area contributed by atoms with E-state index in [0.717, 1.165) is 12.8 Å². The van der Waals surface area contributed by atoms with Crippen molar-refractivity contribution in [2.75, 3.05) is 13.1 Å². The second-order valence-electron chi connectivity index (χ2n) is 8.61. The minimum Gasteiger partial charge on any atom is -0.352 e. The lowest BCUT2D eigenvalue weighted by atomic mass is 9.94. The molecule has 0 unspecified atom stereocenters. The summed E-state index contributed by atoms with van der Waals surface area (Å²) in [6, 6.07) is 21.0. The molecule has 0 spiro atoms. The van der Waals surface area contributed by atoms with Crippen molar-refractivity contribution in [3.05, 3.63) is 71.8 Å². The molecule has 3 N–H and O–H groups in total. The molecule has 1 saturated heterocycles. The Hall–Kier alpha value is -2.37. The lowest BCUT2D eigenvalue weighted by Crippen LogP contribution is -2.43. The van der Waals surface area contributed by atoms with Crippen LogP contribution in [0.4, 0.5) is 0 Å². The van der Waals surface area contributed by atoms with Crippen molar-refractivity contribution in [3.8, 4) is 0 Å². The van der Waals surface area contributed by atoms with Crippen molar-refractivity contribution in [3.63, 3.8) is 0 Å². The molecule has 3 fully saturated rings. The number of halogens is 1. The zero-order valence-electron chi connectivity index (χ0n) is 16.8. The highest BCUT2D eigenvalue weighted by Crippen LogP contribution is 2.42. The fourth-order valence-corrected chi connectivity index (χ4v) is 4.66. The molecule has 5 rings (SSSR count). The van der Waals surface area contributed by atoms with Gasteiger partial charge in [0.1, 0.15) is 0 Å². The van der Waals surface area contributed by atoms with Crippen LogP contribution in [0.5, 0.6) is 0 Å². The third-order valence-corrected chi connectivity index (χ3v) is 6.58. The van der Waals surface area contributed by atoms with Crippen molar-refractivity contribution in [1.29, 1.82) is 0 Å². The van der Waals surface area contributed by atoms with E-state index in [-0.39, 0.29) is 48.1 Å². The molecule has 5 nitrogen and oxygen atoms in total. The third-order valence-electron chi connectivity index (χ3n) is 6.58. The largest absolute Gasteiger partial charge is 0.352 e. The predicted octanol–water partition coefficient (Wildman–Crippen LogP) is 2.59. The SMILES string of the molecule is Cl.O=C(N[C@@H]1C[C@H]1c1ccccc1)[C@@H]1CNC[C@H]1C(=O)N[C@@H]1C[C@H]1c1ccccc1. The maximum absolute atomic E-state index is 12.8. The van der Waals surface area contributed by atoms with Gasteiger partial charge in [-0.15, -0.1) is 12.4 Å². The summed E-state index contributed by atoms with van der Waals surface area (Å²) in [4.78, 5) is 25.7. The number of nitrogens with one attached hydrogen (secondary N) is 3. The lowest BCUT2D eigenvalue weighted by Gasteiger charge is -2.18. The first kappa shape index (κ1) is 20.9. The van der Waals surface area contributed by atoms with Crippen LogP contribution in [0.3, 0.4) is 0 Å². The van der Waals surface area contributed by atoms with Crippen LogP contribution in [-0.2, 0) is 9.59 Å². The van der Waals surface area contributed by atoms with Crippen LogP contribution in [0.1, 0.15) is 35.8 Å². The number of hydrogen-bond donors (Lipinski definition) is 3. The van der Waals surface area contributed by atoms with Crippen LogP contribution in [0.2, 0.25) is 0 Å². The molecule has 30 heavy (non-hydrogen) atoms. The van der Waals surface area contributed by atoms with E-state index in [1.807, 2.05) is 36.4 Å². The Morgan fingerprint density at radius 3 is 1.50 bits per heavy atom. The topological polar surface area (TPSA) is 70.2 Å². The van der Waals surface area contributed by atoms with Gasteiger partial charge in [0.25, 0.3) is 0 Å². The summed E-state index contributed by atoms with van der Waals surface area (Å²) in [5.74, 6) is 0.240. The average molecular weight is 426 g/mol. The molecule has 1 aliphatic heterocycles. The van der Waals surface area contributed by atoms with Gasteiger partial charge in [-0.1, -0.05) is 60.7 Å². The number of carbonyl (C=O) groups is 2. The summed E-state index contributed by atoms with van der Waals surface area (Å²) in [5, 5.41) is 9.58. The van der Waals surface area contributed by atoms with E-state index in [1.165, 1.54) is 11.1 Å². The highest BCUT2D eigenvalue weighted by molar-refractivity contribution is 5.89. The smallest absolute Gasteiger partial charge is 0.225 e. The molecule has 2 saturated carbocycles. The van der Waals surface area contributed by atoms with Crippen molar-refractivity contribution in [2.24, 2.45) is 11.8 Å². The van der Waals surface area contributed by atoms with Crippen molar-refractivity contribution >= 4 is 24.2 Å².